The van der Waals surface area contributed by atoms with Crippen LogP contribution in [-0.2, 0) is 38.0 Å². The minimum atomic E-state index is -4.81. The Morgan fingerprint density at radius 3 is 0.553 bits per heavy atom. The van der Waals surface area contributed by atoms with E-state index in [1.165, 1.54) is 280 Å². The second-order valence-electron chi connectivity index (χ2n) is 34.0. The number of alkyl halides is 6. The molecule has 0 aromatic heterocycles. The van der Waals surface area contributed by atoms with Gasteiger partial charge in [-0.3, -0.25) is 0 Å². The Bertz CT molecular complexity index is 6450. The zero-order valence-corrected chi connectivity index (χ0v) is 66.9. The van der Waals surface area contributed by atoms with Gasteiger partial charge in [0, 0.05) is 21.5 Å². The lowest BCUT2D eigenvalue weighted by Crippen LogP contribution is -2.16. The third-order valence-electron chi connectivity index (χ3n) is 26.5. The molecule has 0 atom stereocenters. The fourth-order valence-electron chi connectivity index (χ4n) is 20.0. The summed E-state index contributed by atoms with van der Waals surface area (Å²) < 4.78 is 87.0. The molecule has 114 heavy (non-hydrogen) atoms. The number of rotatable bonds is 20. The van der Waals surface area contributed by atoms with Crippen molar-refractivity contribution in [2.75, 3.05) is 0 Å². The van der Waals surface area contributed by atoms with Crippen LogP contribution in [0.4, 0.5) is 26.3 Å². The van der Waals surface area contributed by atoms with Crippen LogP contribution in [0.5, 0.6) is 0 Å². The van der Waals surface area contributed by atoms with Crippen LogP contribution in [0.3, 0.4) is 0 Å². The molecule has 0 bridgehead atoms. The van der Waals surface area contributed by atoms with E-state index >= 15 is 0 Å². The Morgan fingerprint density at radius 2 is 0.368 bits per heavy atom. The van der Waals surface area contributed by atoms with Crippen molar-refractivity contribution in [1.29, 1.82) is 0 Å². The maximum absolute atomic E-state index is 14.5. The van der Waals surface area contributed by atoms with E-state index in [9.17, 15) is 26.3 Å². The number of hydrogen-bond donors (Lipinski definition) is 0. The highest BCUT2D eigenvalue weighted by Crippen LogP contribution is 2.59. The summed E-state index contributed by atoms with van der Waals surface area (Å²) >= 11 is 0. The monoisotopic (exact) mass is 1510 g/mol. The molecule has 21 rings (SSSR count). The molecule has 0 aliphatic rings. The molecule has 0 spiro atoms. The maximum Gasteiger partial charge on any atom is 0.417 e. The van der Waals surface area contributed by atoms with E-state index < -0.39 is 23.5 Å². The number of benzene rings is 15. The summed E-state index contributed by atoms with van der Waals surface area (Å²) in [5, 5.41) is 36.2. The van der Waals surface area contributed by atoms with Gasteiger partial charge in [0.25, 0.3) is 0 Å². The molecule has 570 valence electrons. The molecule has 0 amide bonds. The Hall–Kier alpha value is -10.6. The van der Waals surface area contributed by atoms with E-state index in [1.54, 1.807) is 95.1 Å². The van der Waals surface area contributed by atoms with Crippen LogP contribution in [0.2, 0.25) is 0 Å². The van der Waals surface area contributed by atoms with E-state index in [1.807, 2.05) is 0 Å². The number of unbranched alkanes of at least 4 members (excludes halogenated alkanes) is 12. The zero-order chi connectivity index (χ0) is 78.3. The van der Waals surface area contributed by atoms with Crippen LogP contribution in [0.1, 0.15) is 186 Å². The molecule has 0 aliphatic heterocycles. The van der Waals surface area contributed by atoms with Crippen LogP contribution < -0.4 is 0 Å². The van der Waals surface area contributed by atoms with E-state index in [0.29, 0.717) is 21.5 Å². The molecule has 0 saturated carbocycles. The molecular formula is C108H96F6. The van der Waals surface area contributed by atoms with Gasteiger partial charge in [0.2, 0.25) is 0 Å². The zero-order valence-electron chi connectivity index (χ0n) is 66.9. The van der Waals surface area contributed by atoms with Crippen molar-refractivity contribution >= 4 is 194 Å². The molecule has 21 aromatic rings. The van der Waals surface area contributed by atoms with E-state index in [0.717, 1.165) is 0 Å². The van der Waals surface area contributed by atoms with Gasteiger partial charge >= 0.3 is 12.4 Å². The van der Waals surface area contributed by atoms with Gasteiger partial charge in [-0.15, -0.1) is 0 Å². The Balaban J connectivity index is 0.000000119. The molecule has 21 aromatic carbocycles. The summed E-state index contributed by atoms with van der Waals surface area (Å²) in [5.41, 5.74) is 9.94. The summed E-state index contributed by atoms with van der Waals surface area (Å²) in [5.74, 6) is 0. The van der Waals surface area contributed by atoms with Crippen LogP contribution in [0, 0.1) is 27.7 Å². The molecule has 0 fully saturated rings. The van der Waals surface area contributed by atoms with Crippen LogP contribution in [-0.4, -0.2) is 0 Å². The maximum atomic E-state index is 14.5. The summed E-state index contributed by atoms with van der Waals surface area (Å²) in [7, 11) is 0. The summed E-state index contributed by atoms with van der Waals surface area (Å²) in [4.78, 5) is 0. The minimum Gasteiger partial charge on any atom is -0.166 e. The highest BCUT2D eigenvalue weighted by molar-refractivity contribution is 6.42. The molecule has 0 heterocycles. The predicted molar refractivity (Wildman–Crippen MR) is 482 cm³/mol. The van der Waals surface area contributed by atoms with Crippen LogP contribution in [0.15, 0.2) is 194 Å². The van der Waals surface area contributed by atoms with Crippen molar-refractivity contribution in [3.63, 3.8) is 0 Å². The number of aryl methyl sites for hydroxylation is 8. The highest BCUT2D eigenvalue weighted by Gasteiger charge is 2.46. The van der Waals surface area contributed by atoms with Gasteiger partial charge in [0.05, 0.1) is 11.1 Å². The van der Waals surface area contributed by atoms with Crippen molar-refractivity contribution in [1.82, 2.24) is 0 Å². The quantitative estimate of drug-likeness (QED) is 0.0527. The van der Waals surface area contributed by atoms with Gasteiger partial charge in [-0.1, -0.05) is 202 Å². The molecule has 0 aliphatic carbocycles. The van der Waals surface area contributed by atoms with Gasteiger partial charge in [-0.2, -0.15) is 26.3 Å². The minimum absolute atomic E-state index is 0.212. The lowest BCUT2D eigenvalue weighted by molar-refractivity contribution is -0.137. The summed E-state index contributed by atoms with van der Waals surface area (Å²) in [6, 6.07) is 69.3. The van der Waals surface area contributed by atoms with E-state index in [2.05, 4.69) is 177 Å². The molecular weight excluding hydrogens is 1410 g/mol. The normalized spacial score (nSPS) is 12.8. The fourth-order valence-corrected chi connectivity index (χ4v) is 20.0. The summed E-state index contributed by atoms with van der Waals surface area (Å²) in [6.07, 6.45) is 16.6. The molecule has 0 N–H and O–H groups in total. The Morgan fingerprint density at radius 1 is 0.193 bits per heavy atom. The second-order valence-corrected chi connectivity index (χ2v) is 34.0. The SMILES string of the molecule is CCCCCCc1cc2cc3c(cc2cc1CCCCCC)c1cc2c4cc5cc(CCCCCC)c(CCCCCC)cc5cc4c2cc31.Cc1cc2cc3c(cc2cc1C)c1cc2c4cc5cc(C)c(C)cc5cc4c2cc31.FC(F)(F)c1c2c3cc4ccccc4cc3c2c(C(F)(F)F)c2c3cc4ccccc4cc3c12. The third-order valence-corrected chi connectivity index (χ3v) is 26.5. The van der Waals surface area contributed by atoms with Gasteiger partial charge in [0.1, 0.15) is 0 Å². The third kappa shape index (κ3) is 12.4. The molecule has 0 nitrogen and oxygen atoms in total. The van der Waals surface area contributed by atoms with Crippen molar-refractivity contribution in [3.05, 3.63) is 250 Å². The number of fused-ring (bicyclic) bond motifs is 30. The first-order chi connectivity index (χ1) is 55.2. The second kappa shape index (κ2) is 28.8. The van der Waals surface area contributed by atoms with Crippen molar-refractivity contribution in [3.8, 4) is 0 Å². The van der Waals surface area contributed by atoms with E-state index in [-0.39, 0.29) is 43.1 Å². The Kier molecular flexibility index (Phi) is 18.6. The van der Waals surface area contributed by atoms with E-state index in [4.69, 9.17) is 0 Å². The van der Waals surface area contributed by atoms with Gasteiger partial charge in [-0.05, 0) is 393 Å². The fraction of sp³-hybridized carbons (Fsp3) is 0.278. The first kappa shape index (κ1) is 73.6. The first-order valence-electron chi connectivity index (χ1n) is 42.4. The standard InChI is InChI=1S/C50H62.C30H22.C28H12F6/c1-5-9-13-17-21-35-25-39-29-43-44(30-40(39)26-36(35)22-18-14-10-6-2)48-34-50-46-32-42-28-38(24-20-16-12-8-4)37(23-19-15-11-7-3)27-41(42)31-45(46)49(50)33-47(43)48;1-15-5-19-9-23-24(10-20(19)6-16(15)2)28-14-30-26-12-22-8-18(4)17(3)7-21(22)11-25(26)29(30)13-27(23)28;29-27(30,31)25-21-17-9-13-5-1-2-6-14(13)10-18(17)22(21)26(28(32,33)34)24-20-12-16-8-4-3-7-15(16)11-19(20)23(24)25/h25-34H,5-24H2,1-4H3;5-14H,1-4H3;1-12H. The highest BCUT2D eigenvalue weighted by atomic mass is 19.4. The number of halogens is 6. The lowest BCUT2D eigenvalue weighted by Gasteiger charge is -2.29. The largest absolute Gasteiger partial charge is 0.417 e. The van der Waals surface area contributed by atoms with Crippen LogP contribution >= 0.6 is 0 Å². The van der Waals surface area contributed by atoms with Gasteiger partial charge < -0.3 is 0 Å². The molecule has 0 radical (unpaired) electrons. The first-order valence-corrected chi connectivity index (χ1v) is 42.4. The smallest absolute Gasteiger partial charge is 0.166 e. The topological polar surface area (TPSA) is 0 Å². The lowest BCUT2D eigenvalue weighted by atomic mass is 9.77. The molecule has 0 saturated heterocycles. The average Bonchev–Trinajstić information content (AvgIpc) is 0.662. The Labute approximate surface area is 662 Å². The van der Waals surface area contributed by atoms with Crippen molar-refractivity contribution in [2.24, 2.45) is 0 Å². The molecule has 0 unspecified atom stereocenters. The molecule has 6 heteroatoms. The average molecular weight is 1510 g/mol. The van der Waals surface area contributed by atoms with Crippen molar-refractivity contribution in [2.45, 2.75) is 196 Å². The predicted octanol–water partition coefficient (Wildman–Crippen LogP) is 34.2. The number of hydrogen-bond acceptors (Lipinski definition) is 0. The van der Waals surface area contributed by atoms with Gasteiger partial charge in [0.15, 0.2) is 0 Å². The van der Waals surface area contributed by atoms with Crippen LogP contribution in [0.25, 0.3) is 194 Å². The van der Waals surface area contributed by atoms with Gasteiger partial charge in [-0.25, -0.2) is 0 Å². The van der Waals surface area contributed by atoms with Crippen molar-refractivity contribution < 1.29 is 26.3 Å². The summed E-state index contributed by atoms with van der Waals surface area (Å²) in [6.45, 7) is 18.1.